The van der Waals surface area contributed by atoms with Crippen LogP contribution in [0.2, 0.25) is 0 Å². The van der Waals surface area contributed by atoms with Crippen LogP contribution in [-0.4, -0.2) is 28.9 Å². The summed E-state index contributed by atoms with van der Waals surface area (Å²) in [5.74, 6) is -0.137. The summed E-state index contributed by atoms with van der Waals surface area (Å²) < 4.78 is 6.98. The summed E-state index contributed by atoms with van der Waals surface area (Å²) >= 11 is 0. The van der Waals surface area contributed by atoms with E-state index in [0.717, 1.165) is 16.8 Å². The van der Waals surface area contributed by atoms with Crippen LogP contribution in [0.15, 0.2) is 66.9 Å². The second-order valence-corrected chi connectivity index (χ2v) is 6.15. The van der Waals surface area contributed by atoms with E-state index in [1.54, 1.807) is 6.92 Å². The number of methoxy groups -OCH3 is 1. The van der Waals surface area contributed by atoms with Crippen molar-refractivity contribution in [3.05, 3.63) is 78.0 Å². The third-order valence-corrected chi connectivity index (χ3v) is 4.25. The molecule has 1 aromatic heterocycles. The zero-order valence-corrected chi connectivity index (χ0v) is 15.1. The largest absolute Gasteiger partial charge is 0.372 e. The molecule has 0 bridgehead atoms. The van der Waals surface area contributed by atoms with E-state index in [1.165, 1.54) is 12.7 Å². The molecule has 0 saturated heterocycles. The number of benzene rings is 2. The standard InChI is InChI=1S/C21H23N3O2/c1-16(26-2)21(25)22-13-19-15-24(14-17-9-5-3-6-10-17)23-20(19)18-11-7-4-8-12-18/h3-12,15-16H,13-14H2,1-2H3,(H,22,25)/t16-/m1/s1. The molecule has 1 N–H and O–H groups in total. The van der Waals surface area contributed by atoms with E-state index in [9.17, 15) is 4.79 Å². The molecule has 0 spiro atoms. The Morgan fingerprint density at radius 2 is 1.77 bits per heavy atom. The Balaban J connectivity index is 1.84. The fourth-order valence-corrected chi connectivity index (χ4v) is 2.72. The van der Waals surface area contributed by atoms with Gasteiger partial charge in [0, 0.05) is 31.0 Å². The van der Waals surface area contributed by atoms with Crippen molar-refractivity contribution in [1.29, 1.82) is 0 Å². The number of nitrogens with zero attached hydrogens (tertiary/aromatic N) is 2. The van der Waals surface area contributed by atoms with Crippen molar-refractivity contribution >= 4 is 5.91 Å². The summed E-state index contributed by atoms with van der Waals surface area (Å²) in [5.41, 5.74) is 4.07. The maximum Gasteiger partial charge on any atom is 0.249 e. The van der Waals surface area contributed by atoms with Gasteiger partial charge in [0.25, 0.3) is 0 Å². The Morgan fingerprint density at radius 1 is 1.12 bits per heavy atom. The first-order valence-electron chi connectivity index (χ1n) is 8.63. The van der Waals surface area contributed by atoms with Gasteiger partial charge in [0.1, 0.15) is 6.10 Å². The number of hydrogen-bond acceptors (Lipinski definition) is 3. The van der Waals surface area contributed by atoms with E-state index >= 15 is 0 Å². The van der Waals surface area contributed by atoms with Gasteiger partial charge < -0.3 is 10.1 Å². The molecule has 5 nitrogen and oxygen atoms in total. The van der Waals surface area contributed by atoms with Gasteiger partial charge >= 0.3 is 0 Å². The maximum atomic E-state index is 12.0. The Kier molecular flexibility index (Phi) is 5.81. The first kappa shape index (κ1) is 17.9. The minimum absolute atomic E-state index is 0.137. The number of carbonyl (C=O) groups is 1. The highest BCUT2D eigenvalue weighted by molar-refractivity contribution is 5.80. The van der Waals surface area contributed by atoms with Crippen LogP contribution in [0.3, 0.4) is 0 Å². The Hall–Kier alpha value is -2.92. The highest BCUT2D eigenvalue weighted by Crippen LogP contribution is 2.22. The fourth-order valence-electron chi connectivity index (χ4n) is 2.72. The van der Waals surface area contributed by atoms with Crippen LogP contribution in [0.1, 0.15) is 18.1 Å². The third kappa shape index (κ3) is 4.37. The van der Waals surface area contributed by atoms with Crippen molar-refractivity contribution in [3.63, 3.8) is 0 Å². The average molecular weight is 349 g/mol. The first-order valence-corrected chi connectivity index (χ1v) is 8.63. The van der Waals surface area contributed by atoms with Crippen LogP contribution in [0, 0.1) is 0 Å². The zero-order chi connectivity index (χ0) is 18.4. The number of amides is 1. The highest BCUT2D eigenvalue weighted by atomic mass is 16.5. The summed E-state index contributed by atoms with van der Waals surface area (Å²) in [6.07, 6.45) is 1.52. The molecule has 0 fully saturated rings. The van der Waals surface area contributed by atoms with Gasteiger partial charge in [-0.2, -0.15) is 5.10 Å². The van der Waals surface area contributed by atoms with Crippen LogP contribution in [0.5, 0.6) is 0 Å². The molecule has 0 aliphatic carbocycles. The summed E-state index contributed by atoms with van der Waals surface area (Å²) in [6.45, 7) is 2.82. The van der Waals surface area contributed by atoms with Gasteiger partial charge in [-0.25, -0.2) is 0 Å². The quantitative estimate of drug-likeness (QED) is 0.712. The minimum atomic E-state index is -0.477. The number of ether oxygens (including phenoxy) is 1. The molecule has 0 radical (unpaired) electrons. The number of nitrogens with one attached hydrogen (secondary N) is 1. The van der Waals surface area contributed by atoms with Crippen molar-refractivity contribution in [2.45, 2.75) is 26.1 Å². The monoisotopic (exact) mass is 349 g/mol. The lowest BCUT2D eigenvalue weighted by molar-refractivity contribution is -0.130. The second-order valence-electron chi connectivity index (χ2n) is 6.15. The Morgan fingerprint density at radius 3 is 2.42 bits per heavy atom. The van der Waals surface area contributed by atoms with Gasteiger partial charge in [0.05, 0.1) is 12.2 Å². The number of aromatic nitrogens is 2. The SMILES string of the molecule is CO[C@H](C)C(=O)NCc1cn(Cc2ccccc2)nc1-c1ccccc1. The predicted octanol–water partition coefficient (Wildman–Crippen LogP) is 3.25. The lowest BCUT2D eigenvalue weighted by atomic mass is 10.1. The molecule has 3 rings (SSSR count). The molecular weight excluding hydrogens is 326 g/mol. The van der Waals surface area contributed by atoms with Crippen LogP contribution in [0.4, 0.5) is 0 Å². The molecule has 1 heterocycles. The van der Waals surface area contributed by atoms with Crippen LogP contribution in [-0.2, 0) is 22.6 Å². The van der Waals surface area contributed by atoms with Crippen LogP contribution in [0.25, 0.3) is 11.3 Å². The topological polar surface area (TPSA) is 56.1 Å². The van der Waals surface area contributed by atoms with Gasteiger partial charge in [-0.3, -0.25) is 9.48 Å². The number of carbonyl (C=O) groups excluding carboxylic acids is 1. The van der Waals surface area contributed by atoms with E-state index in [2.05, 4.69) is 17.4 Å². The predicted molar refractivity (Wildman–Crippen MR) is 102 cm³/mol. The van der Waals surface area contributed by atoms with Gasteiger partial charge in [-0.1, -0.05) is 60.7 Å². The molecule has 134 valence electrons. The second kappa shape index (κ2) is 8.45. The van der Waals surface area contributed by atoms with Crippen LogP contribution >= 0.6 is 0 Å². The minimum Gasteiger partial charge on any atom is -0.372 e. The van der Waals surface area contributed by atoms with Crippen molar-refractivity contribution in [2.75, 3.05) is 7.11 Å². The van der Waals surface area contributed by atoms with Crippen molar-refractivity contribution in [1.82, 2.24) is 15.1 Å². The van der Waals surface area contributed by atoms with Gasteiger partial charge in [-0.05, 0) is 12.5 Å². The van der Waals surface area contributed by atoms with E-state index in [1.807, 2.05) is 59.4 Å². The molecule has 1 atom stereocenters. The molecule has 2 aromatic carbocycles. The smallest absolute Gasteiger partial charge is 0.249 e. The fraction of sp³-hybridized carbons (Fsp3) is 0.238. The first-order chi connectivity index (χ1) is 12.7. The van der Waals surface area contributed by atoms with Crippen LogP contribution < -0.4 is 5.32 Å². The molecule has 5 heteroatoms. The molecule has 0 saturated carbocycles. The summed E-state index contributed by atoms with van der Waals surface area (Å²) in [5, 5.41) is 7.67. The van der Waals surface area contributed by atoms with Gasteiger partial charge in [0.2, 0.25) is 5.91 Å². The van der Waals surface area contributed by atoms with Crippen molar-refractivity contribution in [3.8, 4) is 11.3 Å². The third-order valence-electron chi connectivity index (χ3n) is 4.25. The Labute approximate surface area is 153 Å². The van der Waals surface area contributed by atoms with E-state index in [4.69, 9.17) is 9.84 Å². The maximum absolute atomic E-state index is 12.0. The lowest BCUT2D eigenvalue weighted by Crippen LogP contribution is -2.33. The van der Waals surface area contributed by atoms with Gasteiger partial charge in [0.15, 0.2) is 0 Å². The highest BCUT2D eigenvalue weighted by Gasteiger charge is 2.15. The molecule has 26 heavy (non-hydrogen) atoms. The lowest BCUT2D eigenvalue weighted by Gasteiger charge is -2.10. The molecule has 0 unspecified atom stereocenters. The number of rotatable bonds is 7. The average Bonchev–Trinajstić information content (AvgIpc) is 3.09. The van der Waals surface area contributed by atoms with Crippen molar-refractivity contribution in [2.24, 2.45) is 0 Å². The molecule has 0 aliphatic heterocycles. The summed E-state index contributed by atoms with van der Waals surface area (Å²) in [6, 6.07) is 20.2. The number of hydrogen-bond donors (Lipinski definition) is 1. The summed E-state index contributed by atoms with van der Waals surface area (Å²) in [7, 11) is 1.53. The van der Waals surface area contributed by atoms with E-state index in [-0.39, 0.29) is 5.91 Å². The van der Waals surface area contributed by atoms with E-state index in [0.29, 0.717) is 13.1 Å². The van der Waals surface area contributed by atoms with E-state index < -0.39 is 6.10 Å². The normalized spacial score (nSPS) is 11.9. The molecular formula is C21H23N3O2. The zero-order valence-electron chi connectivity index (χ0n) is 15.1. The molecule has 3 aromatic rings. The summed E-state index contributed by atoms with van der Waals surface area (Å²) in [4.78, 5) is 12.0. The van der Waals surface area contributed by atoms with Gasteiger partial charge in [-0.15, -0.1) is 0 Å². The molecule has 1 amide bonds. The Bertz CT molecular complexity index is 844. The van der Waals surface area contributed by atoms with Crippen molar-refractivity contribution < 1.29 is 9.53 Å². The molecule has 0 aliphatic rings.